The van der Waals surface area contributed by atoms with Crippen LogP contribution >= 0.6 is 11.8 Å². The first kappa shape index (κ1) is 18.2. The molecular formula is C23H20FNS. The van der Waals surface area contributed by atoms with Crippen molar-refractivity contribution >= 4 is 23.2 Å². The summed E-state index contributed by atoms with van der Waals surface area (Å²) in [5, 5.41) is 1.95. The first-order valence-electron chi connectivity index (χ1n) is 8.42. The smallest absolute Gasteiger partial charge is 0.132 e. The minimum absolute atomic E-state index is 0.275. The Kier molecular flexibility index (Phi) is 6.03. The third kappa shape index (κ3) is 4.93. The molecule has 0 bridgehead atoms. The van der Waals surface area contributed by atoms with E-state index in [-0.39, 0.29) is 5.82 Å². The van der Waals surface area contributed by atoms with Crippen molar-refractivity contribution in [2.75, 3.05) is 0 Å². The van der Waals surface area contributed by atoms with Gasteiger partial charge in [-0.1, -0.05) is 59.3 Å². The number of thioether (sulfide) groups is 1. The van der Waals surface area contributed by atoms with E-state index >= 15 is 0 Å². The molecule has 0 aliphatic rings. The van der Waals surface area contributed by atoms with Crippen LogP contribution in [0.15, 0.2) is 94.2 Å². The Morgan fingerprint density at radius 2 is 1.46 bits per heavy atom. The van der Waals surface area contributed by atoms with Gasteiger partial charge < -0.3 is 0 Å². The normalized spacial score (nSPS) is 11.9. The van der Waals surface area contributed by atoms with Gasteiger partial charge in [-0.2, -0.15) is 0 Å². The van der Waals surface area contributed by atoms with Gasteiger partial charge in [-0.15, -0.1) is 0 Å². The molecule has 0 unspecified atom stereocenters. The van der Waals surface area contributed by atoms with E-state index in [2.05, 4.69) is 36.2 Å². The van der Waals surface area contributed by atoms with Gasteiger partial charge in [-0.3, -0.25) is 0 Å². The zero-order chi connectivity index (χ0) is 18.4. The second-order valence-corrected chi connectivity index (χ2v) is 7.03. The highest BCUT2D eigenvalue weighted by Gasteiger charge is 2.06. The van der Waals surface area contributed by atoms with Crippen LogP contribution in [0.25, 0.3) is 0 Å². The van der Waals surface area contributed by atoms with Crippen molar-refractivity contribution in [2.24, 2.45) is 4.99 Å². The van der Waals surface area contributed by atoms with Crippen molar-refractivity contribution in [1.82, 2.24) is 0 Å². The van der Waals surface area contributed by atoms with Crippen LogP contribution in [0, 0.1) is 19.7 Å². The first-order valence-corrected chi connectivity index (χ1v) is 9.30. The largest absolute Gasteiger partial charge is 0.248 e. The van der Waals surface area contributed by atoms with Gasteiger partial charge in [-0.05, 0) is 61.7 Å². The number of hydrogen-bond donors (Lipinski definition) is 0. The summed E-state index contributed by atoms with van der Waals surface area (Å²) in [5.41, 5.74) is 4.30. The van der Waals surface area contributed by atoms with Gasteiger partial charge in [0.1, 0.15) is 5.82 Å². The number of halogens is 1. The maximum atomic E-state index is 14.3. The molecule has 0 amide bonds. The summed E-state index contributed by atoms with van der Waals surface area (Å²) in [6.45, 7) is 4.10. The molecule has 3 heteroatoms. The fourth-order valence-electron chi connectivity index (χ4n) is 2.41. The second kappa shape index (κ2) is 8.63. The summed E-state index contributed by atoms with van der Waals surface area (Å²) < 4.78 is 14.3. The highest BCUT2D eigenvalue weighted by Crippen LogP contribution is 2.22. The van der Waals surface area contributed by atoms with Crippen molar-refractivity contribution < 1.29 is 4.39 Å². The standard InChI is InChI=1S/C23H20FNS/c1-17-7-11-19(12-8-17)25-23(21-5-3-4-6-22(21)24)15-16-26-20-13-9-18(2)10-14-20/h3-16H,1-2H3/b16-15+,25-23-. The van der Waals surface area contributed by atoms with Gasteiger partial charge in [0.25, 0.3) is 0 Å². The molecule has 0 N–H and O–H groups in total. The number of hydrogen-bond acceptors (Lipinski definition) is 2. The van der Waals surface area contributed by atoms with E-state index in [4.69, 9.17) is 0 Å². The molecule has 0 fully saturated rings. The van der Waals surface area contributed by atoms with Crippen LogP contribution in [0.1, 0.15) is 16.7 Å². The molecule has 0 radical (unpaired) electrons. The molecule has 26 heavy (non-hydrogen) atoms. The number of benzene rings is 3. The number of rotatable bonds is 5. The number of aliphatic imine (C=N–C) groups is 1. The molecule has 0 aliphatic heterocycles. The maximum absolute atomic E-state index is 14.3. The highest BCUT2D eigenvalue weighted by atomic mass is 32.2. The fourth-order valence-corrected chi connectivity index (χ4v) is 3.06. The first-order chi connectivity index (χ1) is 12.6. The number of aryl methyl sites for hydroxylation is 2. The van der Waals surface area contributed by atoms with Gasteiger partial charge >= 0.3 is 0 Å². The monoisotopic (exact) mass is 361 g/mol. The maximum Gasteiger partial charge on any atom is 0.132 e. The molecular weight excluding hydrogens is 341 g/mol. The lowest BCUT2D eigenvalue weighted by Crippen LogP contribution is -1.99. The SMILES string of the molecule is Cc1ccc(/N=C(/C=C/Sc2ccc(C)cc2)c2ccccc2F)cc1. The van der Waals surface area contributed by atoms with Crippen LogP contribution in [-0.4, -0.2) is 5.71 Å². The van der Waals surface area contributed by atoms with Crippen LogP contribution in [0.3, 0.4) is 0 Å². The van der Waals surface area contributed by atoms with Gasteiger partial charge in [0, 0.05) is 10.5 Å². The Bertz CT molecular complexity index is 925. The van der Waals surface area contributed by atoms with Crippen LogP contribution in [0.4, 0.5) is 10.1 Å². The van der Waals surface area contributed by atoms with Gasteiger partial charge in [0.05, 0.1) is 11.4 Å². The van der Waals surface area contributed by atoms with Crippen molar-refractivity contribution in [1.29, 1.82) is 0 Å². The zero-order valence-corrected chi connectivity index (χ0v) is 15.6. The van der Waals surface area contributed by atoms with Crippen molar-refractivity contribution in [2.45, 2.75) is 18.7 Å². The number of allylic oxidation sites excluding steroid dienone is 1. The molecule has 0 aliphatic carbocycles. The molecule has 0 aromatic heterocycles. The summed E-state index contributed by atoms with van der Waals surface area (Å²) >= 11 is 1.59. The molecule has 0 saturated heterocycles. The molecule has 3 aromatic carbocycles. The van der Waals surface area contributed by atoms with E-state index in [1.165, 1.54) is 17.2 Å². The van der Waals surface area contributed by atoms with Crippen molar-refractivity contribution in [3.05, 3.63) is 107 Å². The Hall–Kier alpha value is -2.65. The summed E-state index contributed by atoms with van der Waals surface area (Å²) in [5.74, 6) is -0.275. The lowest BCUT2D eigenvalue weighted by atomic mass is 10.1. The summed E-state index contributed by atoms with van der Waals surface area (Å²) in [6, 6.07) is 22.9. The zero-order valence-electron chi connectivity index (χ0n) is 14.8. The third-order valence-corrected chi connectivity index (χ3v) is 4.70. The Morgan fingerprint density at radius 3 is 2.12 bits per heavy atom. The number of nitrogens with zero attached hydrogens (tertiary/aromatic N) is 1. The van der Waals surface area contributed by atoms with E-state index in [0.29, 0.717) is 11.3 Å². The van der Waals surface area contributed by atoms with Crippen LogP contribution < -0.4 is 0 Å². The third-order valence-electron chi connectivity index (χ3n) is 3.88. The molecule has 0 saturated carbocycles. The Balaban J connectivity index is 1.90. The predicted octanol–water partition coefficient (Wildman–Crippen LogP) is 6.87. The molecule has 0 heterocycles. The van der Waals surface area contributed by atoms with Gasteiger partial charge in [0.2, 0.25) is 0 Å². The van der Waals surface area contributed by atoms with E-state index in [1.807, 2.05) is 48.7 Å². The minimum Gasteiger partial charge on any atom is -0.248 e. The average molecular weight is 361 g/mol. The second-order valence-electron chi connectivity index (χ2n) is 6.05. The van der Waals surface area contributed by atoms with E-state index in [1.54, 1.807) is 23.9 Å². The van der Waals surface area contributed by atoms with Gasteiger partial charge in [-0.25, -0.2) is 9.38 Å². The topological polar surface area (TPSA) is 12.4 Å². The summed E-state index contributed by atoms with van der Waals surface area (Å²) in [4.78, 5) is 5.79. The highest BCUT2D eigenvalue weighted by molar-refractivity contribution is 8.02. The minimum atomic E-state index is -0.275. The molecule has 130 valence electrons. The summed E-state index contributed by atoms with van der Waals surface area (Å²) in [6.07, 6.45) is 1.86. The Morgan fingerprint density at radius 1 is 0.846 bits per heavy atom. The molecule has 0 spiro atoms. The quantitative estimate of drug-likeness (QED) is 0.357. The average Bonchev–Trinajstić information content (AvgIpc) is 2.65. The molecule has 0 atom stereocenters. The molecule has 3 rings (SSSR count). The fraction of sp³-hybridized carbons (Fsp3) is 0.0870. The van der Waals surface area contributed by atoms with Crippen molar-refractivity contribution in [3.63, 3.8) is 0 Å². The molecule has 1 nitrogen and oxygen atoms in total. The summed E-state index contributed by atoms with van der Waals surface area (Å²) in [7, 11) is 0. The molecule has 3 aromatic rings. The Labute approximate surface area is 158 Å². The lowest BCUT2D eigenvalue weighted by molar-refractivity contribution is 0.625. The van der Waals surface area contributed by atoms with Crippen LogP contribution in [-0.2, 0) is 0 Å². The van der Waals surface area contributed by atoms with Crippen molar-refractivity contribution in [3.8, 4) is 0 Å². The van der Waals surface area contributed by atoms with E-state index in [9.17, 15) is 4.39 Å². The van der Waals surface area contributed by atoms with E-state index in [0.717, 1.165) is 10.6 Å². The van der Waals surface area contributed by atoms with Crippen LogP contribution in [0.5, 0.6) is 0 Å². The van der Waals surface area contributed by atoms with E-state index < -0.39 is 0 Å². The van der Waals surface area contributed by atoms with Gasteiger partial charge in [0.15, 0.2) is 0 Å². The van der Waals surface area contributed by atoms with Crippen LogP contribution in [0.2, 0.25) is 0 Å². The predicted molar refractivity (Wildman–Crippen MR) is 110 cm³/mol. The lowest BCUT2D eigenvalue weighted by Gasteiger charge is -2.05.